The molecule has 2 heteroatoms. The first-order valence-electron chi connectivity index (χ1n) is 8.46. The lowest BCUT2D eigenvalue weighted by atomic mass is 10.00. The Balaban J connectivity index is 1.92. The molecule has 0 radical (unpaired) electrons. The average Bonchev–Trinajstić information content (AvgIpc) is 3.22. The van der Waals surface area contributed by atoms with Gasteiger partial charge < -0.3 is 5.11 Å². The standard InChI is InChI=1S/C19H31NO/c1-14(2)11-16-7-9-18(10-8-16)19(21)13-20(15(3)4)12-17-5-6-17/h7-10,14-15,17,19,21H,5-6,11-13H2,1-4H3. The molecular formula is C19H31NO. The Morgan fingerprint density at radius 1 is 1.10 bits per heavy atom. The molecule has 0 aliphatic heterocycles. The lowest BCUT2D eigenvalue weighted by molar-refractivity contribution is 0.0923. The third kappa shape index (κ3) is 5.44. The maximum Gasteiger partial charge on any atom is 0.0917 e. The average molecular weight is 289 g/mol. The van der Waals surface area contributed by atoms with Gasteiger partial charge in [-0.3, -0.25) is 4.90 Å². The van der Waals surface area contributed by atoms with Crippen LogP contribution in [-0.2, 0) is 6.42 Å². The van der Waals surface area contributed by atoms with Gasteiger partial charge in [0.05, 0.1) is 6.10 Å². The smallest absolute Gasteiger partial charge is 0.0917 e. The van der Waals surface area contributed by atoms with Gasteiger partial charge in [-0.1, -0.05) is 38.1 Å². The molecule has 0 aromatic heterocycles. The fraction of sp³-hybridized carbons (Fsp3) is 0.684. The monoisotopic (exact) mass is 289 g/mol. The Bertz CT molecular complexity index is 420. The summed E-state index contributed by atoms with van der Waals surface area (Å²) < 4.78 is 0. The van der Waals surface area contributed by atoms with Crippen molar-refractivity contribution in [2.75, 3.05) is 13.1 Å². The Hall–Kier alpha value is -0.860. The van der Waals surface area contributed by atoms with E-state index in [9.17, 15) is 5.11 Å². The number of nitrogens with zero attached hydrogens (tertiary/aromatic N) is 1. The van der Waals surface area contributed by atoms with Crippen LogP contribution in [0.4, 0.5) is 0 Å². The number of benzene rings is 1. The summed E-state index contributed by atoms with van der Waals surface area (Å²) in [7, 11) is 0. The van der Waals surface area contributed by atoms with Gasteiger partial charge in [0.2, 0.25) is 0 Å². The van der Waals surface area contributed by atoms with Crippen molar-refractivity contribution in [3.63, 3.8) is 0 Å². The van der Waals surface area contributed by atoms with Crippen molar-refractivity contribution in [2.45, 2.75) is 59.1 Å². The van der Waals surface area contributed by atoms with Crippen LogP contribution in [0.3, 0.4) is 0 Å². The molecule has 0 saturated heterocycles. The van der Waals surface area contributed by atoms with Crippen molar-refractivity contribution in [3.8, 4) is 0 Å². The van der Waals surface area contributed by atoms with E-state index in [2.05, 4.69) is 56.9 Å². The molecule has 1 aliphatic rings. The van der Waals surface area contributed by atoms with Gasteiger partial charge in [0.1, 0.15) is 0 Å². The van der Waals surface area contributed by atoms with E-state index >= 15 is 0 Å². The second-order valence-electron chi connectivity index (χ2n) is 7.35. The number of hydrogen-bond donors (Lipinski definition) is 1. The molecule has 1 fully saturated rings. The summed E-state index contributed by atoms with van der Waals surface area (Å²) in [6.45, 7) is 10.8. The van der Waals surface area contributed by atoms with E-state index in [1.165, 1.54) is 18.4 Å². The van der Waals surface area contributed by atoms with Crippen molar-refractivity contribution in [3.05, 3.63) is 35.4 Å². The number of rotatable bonds is 8. The molecule has 1 aromatic rings. The van der Waals surface area contributed by atoms with Gasteiger partial charge in [-0.05, 0) is 56.1 Å². The third-order valence-corrected chi connectivity index (χ3v) is 4.34. The molecule has 1 aromatic carbocycles. The van der Waals surface area contributed by atoms with E-state index in [4.69, 9.17) is 0 Å². The molecule has 1 atom stereocenters. The maximum absolute atomic E-state index is 10.5. The molecular weight excluding hydrogens is 258 g/mol. The molecule has 0 bridgehead atoms. The zero-order valence-corrected chi connectivity index (χ0v) is 14.0. The minimum absolute atomic E-state index is 0.376. The van der Waals surface area contributed by atoms with Crippen LogP contribution in [-0.4, -0.2) is 29.1 Å². The molecule has 21 heavy (non-hydrogen) atoms. The van der Waals surface area contributed by atoms with Gasteiger partial charge in [0.15, 0.2) is 0 Å². The SMILES string of the molecule is CC(C)Cc1ccc(C(O)CN(CC2CC2)C(C)C)cc1. The Kier molecular flexibility index (Phi) is 5.83. The van der Waals surface area contributed by atoms with Crippen LogP contribution in [0.1, 0.15) is 57.8 Å². The first-order valence-corrected chi connectivity index (χ1v) is 8.46. The number of aliphatic hydroxyl groups is 1. The predicted molar refractivity (Wildman–Crippen MR) is 89.4 cm³/mol. The van der Waals surface area contributed by atoms with Gasteiger partial charge in [0.25, 0.3) is 0 Å². The van der Waals surface area contributed by atoms with E-state index in [1.54, 1.807) is 0 Å². The third-order valence-electron chi connectivity index (χ3n) is 4.34. The van der Waals surface area contributed by atoms with Gasteiger partial charge in [-0.15, -0.1) is 0 Å². The number of hydrogen-bond acceptors (Lipinski definition) is 2. The highest BCUT2D eigenvalue weighted by molar-refractivity contribution is 5.24. The normalized spacial score (nSPS) is 17.0. The fourth-order valence-electron chi connectivity index (χ4n) is 2.80. The molecule has 1 saturated carbocycles. The minimum atomic E-state index is -0.376. The molecule has 2 rings (SSSR count). The van der Waals surface area contributed by atoms with Crippen molar-refractivity contribution in [2.24, 2.45) is 11.8 Å². The molecule has 1 aliphatic carbocycles. The van der Waals surface area contributed by atoms with Crippen molar-refractivity contribution in [1.82, 2.24) is 4.90 Å². The quantitative estimate of drug-likeness (QED) is 0.781. The first kappa shape index (κ1) is 16.5. The summed E-state index contributed by atoms with van der Waals surface area (Å²) in [4.78, 5) is 2.42. The topological polar surface area (TPSA) is 23.5 Å². The second kappa shape index (κ2) is 7.42. The molecule has 2 nitrogen and oxygen atoms in total. The minimum Gasteiger partial charge on any atom is -0.387 e. The van der Waals surface area contributed by atoms with E-state index in [0.717, 1.165) is 31.0 Å². The highest BCUT2D eigenvalue weighted by Crippen LogP contribution is 2.31. The van der Waals surface area contributed by atoms with Crippen LogP contribution >= 0.6 is 0 Å². The second-order valence-corrected chi connectivity index (χ2v) is 7.35. The van der Waals surface area contributed by atoms with Crippen molar-refractivity contribution in [1.29, 1.82) is 0 Å². The van der Waals surface area contributed by atoms with E-state index < -0.39 is 0 Å². The Morgan fingerprint density at radius 2 is 1.71 bits per heavy atom. The maximum atomic E-state index is 10.5. The van der Waals surface area contributed by atoms with Gasteiger partial charge in [0, 0.05) is 19.1 Å². The van der Waals surface area contributed by atoms with E-state index in [0.29, 0.717) is 12.0 Å². The summed E-state index contributed by atoms with van der Waals surface area (Å²) >= 11 is 0. The predicted octanol–water partition coefficient (Wildman–Crippen LogP) is 4.04. The van der Waals surface area contributed by atoms with Crippen LogP contribution in [0.25, 0.3) is 0 Å². The number of aliphatic hydroxyl groups excluding tert-OH is 1. The van der Waals surface area contributed by atoms with Crippen molar-refractivity contribution >= 4 is 0 Å². The summed E-state index contributed by atoms with van der Waals surface area (Å²) in [5.41, 5.74) is 2.41. The van der Waals surface area contributed by atoms with Crippen LogP contribution in [0.5, 0.6) is 0 Å². The Labute approximate surface area is 130 Å². The van der Waals surface area contributed by atoms with Gasteiger partial charge in [-0.25, -0.2) is 0 Å². The Morgan fingerprint density at radius 3 is 2.19 bits per heavy atom. The van der Waals surface area contributed by atoms with Gasteiger partial charge in [-0.2, -0.15) is 0 Å². The van der Waals surface area contributed by atoms with Crippen LogP contribution in [0.15, 0.2) is 24.3 Å². The molecule has 0 heterocycles. The van der Waals surface area contributed by atoms with Crippen LogP contribution in [0.2, 0.25) is 0 Å². The molecule has 0 spiro atoms. The molecule has 1 N–H and O–H groups in total. The molecule has 1 unspecified atom stereocenters. The zero-order chi connectivity index (χ0) is 15.4. The van der Waals surface area contributed by atoms with E-state index in [1.807, 2.05) is 0 Å². The zero-order valence-electron chi connectivity index (χ0n) is 14.0. The summed E-state index contributed by atoms with van der Waals surface area (Å²) in [5.74, 6) is 1.55. The fourth-order valence-corrected chi connectivity index (χ4v) is 2.80. The van der Waals surface area contributed by atoms with E-state index in [-0.39, 0.29) is 6.10 Å². The first-order chi connectivity index (χ1) is 9.95. The summed E-state index contributed by atoms with van der Waals surface area (Å²) in [5, 5.41) is 10.5. The lowest BCUT2D eigenvalue weighted by Gasteiger charge is -2.29. The van der Waals surface area contributed by atoms with Gasteiger partial charge >= 0.3 is 0 Å². The largest absolute Gasteiger partial charge is 0.387 e. The molecule has 0 amide bonds. The highest BCUT2D eigenvalue weighted by atomic mass is 16.3. The van der Waals surface area contributed by atoms with Crippen LogP contribution < -0.4 is 0 Å². The van der Waals surface area contributed by atoms with Crippen molar-refractivity contribution < 1.29 is 5.11 Å². The molecule has 118 valence electrons. The summed E-state index contributed by atoms with van der Waals surface area (Å²) in [6.07, 6.45) is 3.46. The van der Waals surface area contributed by atoms with Crippen LogP contribution in [0, 0.1) is 11.8 Å². The summed E-state index contributed by atoms with van der Waals surface area (Å²) in [6, 6.07) is 9.02. The highest BCUT2D eigenvalue weighted by Gasteiger charge is 2.26. The lowest BCUT2D eigenvalue weighted by Crippen LogP contribution is -2.36.